The van der Waals surface area contributed by atoms with Crippen molar-refractivity contribution in [3.8, 4) is 17.4 Å². The summed E-state index contributed by atoms with van der Waals surface area (Å²) in [6.07, 6.45) is 2.06. The van der Waals surface area contributed by atoms with Crippen LogP contribution < -0.4 is 14.2 Å². The Morgan fingerprint density at radius 1 is 0.974 bits per heavy atom. The van der Waals surface area contributed by atoms with Gasteiger partial charge >= 0.3 is 0 Å². The number of ketones is 1. The first kappa shape index (κ1) is 26.6. The van der Waals surface area contributed by atoms with E-state index >= 15 is 0 Å². The number of hydrogen-bond acceptors (Lipinski definition) is 8. The maximum atomic E-state index is 14.2. The minimum atomic E-state index is -4.00. The minimum Gasteiger partial charge on any atom is -0.496 e. The second kappa shape index (κ2) is 9.96. The summed E-state index contributed by atoms with van der Waals surface area (Å²) in [6, 6.07) is 15.9. The Bertz CT molecular complexity index is 1700. The van der Waals surface area contributed by atoms with E-state index in [1.807, 2.05) is 32.0 Å². The van der Waals surface area contributed by atoms with Crippen LogP contribution in [-0.4, -0.2) is 51.3 Å². The monoisotopic (exact) mass is 546 g/mol. The largest absolute Gasteiger partial charge is 0.496 e. The van der Waals surface area contributed by atoms with Crippen LogP contribution in [0.25, 0.3) is 10.9 Å². The van der Waals surface area contributed by atoms with E-state index in [2.05, 4.69) is 9.97 Å². The molecule has 5 rings (SSSR count). The average molecular weight is 547 g/mol. The molecule has 0 aliphatic heterocycles. The molecule has 202 valence electrons. The topological polar surface area (TPSA) is 105 Å². The maximum Gasteiger partial charge on any atom is 0.256 e. The summed E-state index contributed by atoms with van der Waals surface area (Å²) < 4.78 is 43.9. The lowest BCUT2D eigenvalue weighted by Gasteiger charge is -2.21. The fourth-order valence-corrected chi connectivity index (χ4v) is 6.96. The van der Waals surface area contributed by atoms with Crippen LogP contribution in [0.5, 0.6) is 17.4 Å². The predicted molar refractivity (Wildman–Crippen MR) is 148 cm³/mol. The Kier molecular flexibility index (Phi) is 6.80. The quantitative estimate of drug-likeness (QED) is 0.297. The summed E-state index contributed by atoms with van der Waals surface area (Å²) in [7, 11) is 0.567. The van der Waals surface area contributed by atoms with Crippen molar-refractivity contribution >= 4 is 26.5 Å². The number of benzene rings is 2. The molecule has 8 nitrogen and oxygen atoms in total. The molecule has 2 atom stereocenters. The van der Waals surface area contributed by atoms with Crippen molar-refractivity contribution in [2.24, 2.45) is 0 Å². The van der Waals surface area contributed by atoms with Crippen LogP contribution in [0.4, 0.5) is 0 Å². The summed E-state index contributed by atoms with van der Waals surface area (Å²) in [6.45, 7) is 3.78. The lowest BCUT2D eigenvalue weighted by Crippen LogP contribution is -2.30. The maximum absolute atomic E-state index is 14.2. The number of fused-ring (bicyclic) bond motifs is 1. The highest BCUT2D eigenvalue weighted by molar-refractivity contribution is 7.92. The van der Waals surface area contributed by atoms with Crippen molar-refractivity contribution < 1.29 is 27.4 Å². The molecular formula is C30H30N2O6S. The Morgan fingerprint density at radius 3 is 2.46 bits per heavy atom. The van der Waals surface area contributed by atoms with Gasteiger partial charge in [-0.1, -0.05) is 23.8 Å². The van der Waals surface area contributed by atoms with Crippen molar-refractivity contribution in [2.45, 2.75) is 36.5 Å². The van der Waals surface area contributed by atoms with E-state index in [-0.39, 0.29) is 10.8 Å². The molecule has 9 heteroatoms. The van der Waals surface area contributed by atoms with Gasteiger partial charge < -0.3 is 14.2 Å². The van der Waals surface area contributed by atoms with Crippen molar-refractivity contribution in [1.29, 1.82) is 0 Å². The van der Waals surface area contributed by atoms with Crippen LogP contribution in [0.15, 0.2) is 65.7 Å². The van der Waals surface area contributed by atoms with Crippen molar-refractivity contribution in [3.05, 3.63) is 83.2 Å². The number of aryl methyl sites for hydroxylation is 2. The molecule has 0 amide bonds. The van der Waals surface area contributed by atoms with E-state index in [0.29, 0.717) is 40.3 Å². The number of methoxy groups -OCH3 is 3. The second-order valence-electron chi connectivity index (χ2n) is 9.87. The highest BCUT2D eigenvalue weighted by Gasteiger charge is 2.63. The molecule has 0 N–H and O–H groups in total. The number of rotatable bonds is 9. The third-order valence-corrected chi connectivity index (χ3v) is 9.10. The van der Waals surface area contributed by atoms with Gasteiger partial charge in [0.1, 0.15) is 11.5 Å². The molecule has 2 aromatic heterocycles. The molecule has 1 aliphatic carbocycles. The van der Waals surface area contributed by atoms with Crippen molar-refractivity contribution in [3.63, 3.8) is 0 Å². The van der Waals surface area contributed by atoms with Crippen LogP contribution in [0, 0.1) is 13.8 Å². The molecular weight excluding hydrogens is 516 g/mol. The highest BCUT2D eigenvalue weighted by Crippen LogP contribution is 2.63. The van der Waals surface area contributed by atoms with E-state index in [4.69, 9.17) is 14.2 Å². The van der Waals surface area contributed by atoms with E-state index in [0.717, 1.165) is 16.8 Å². The van der Waals surface area contributed by atoms with Gasteiger partial charge in [-0.15, -0.1) is 0 Å². The van der Waals surface area contributed by atoms with Crippen LogP contribution in [0.3, 0.4) is 0 Å². The Labute approximate surface area is 227 Å². The Morgan fingerprint density at radius 2 is 1.74 bits per heavy atom. The number of hydrogen-bond donors (Lipinski definition) is 0. The van der Waals surface area contributed by atoms with Crippen LogP contribution in [0.1, 0.15) is 34.7 Å². The number of Topliss-reactive ketones (excluding diaryl/α,β-unsaturated/α-hetero) is 1. The molecule has 2 heterocycles. The molecule has 0 spiro atoms. The van der Waals surface area contributed by atoms with Gasteiger partial charge in [0.15, 0.2) is 21.4 Å². The van der Waals surface area contributed by atoms with Gasteiger partial charge in [-0.2, -0.15) is 0 Å². The Balaban J connectivity index is 1.60. The van der Waals surface area contributed by atoms with E-state index in [9.17, 15) is 13.2 Å². The van der Waals surface area contributed by atoms with Crippen LogP contribution >= 0.6 is 0 Å². The molecule has 1 aliphatic rings. The SMILES string of the molecule is COc1ccc(C)cc1[C@]1(C(=O)CS(=O)(=O)c2cccc3nc(C)ccc23)C[C@@H]1c1cnc(OC)c(OC)c1. The van der Waals surface area contributed by atoms with Gasteiger partial charge in [0, 0.05) is 28.8 Å². The zero-order valence-electron chi connectivity index (χ0n) is 22.5. The van der Waals surface area contributed by atoms with Crippen molar-refractivity contribution in [2.75, 3.05) is 27.1 Å². The summed E-state index contributed by atoms with van der Waals surface area (Å²) in [5.41, 5.74) is 2.60. The number of carbonyl (C=O) groups is 1. The summed E-state index contributed by atoms with van der Waals surface area (Å²) in [5, 5.41) is 0.495. The summed E-state index contributed by atoms with van der Waals surface area (Å²) >= 11 is 0. The first-order valence-corrected chi connectivity index (χ1v) is 14.2. The molecule has 0 unspecified atom stereocenters. The second-order valence-corrected chi connectivity index (χ2v) is 11.8. The number of pyridine rings is 2. The number of aromatic nitrogens is 2. The van der Waals surface area contributed by atoms with Gasteiger partial charge in [-0.25, -0.2) is 13.4 Å². The molecule has 0 bridgehead atoms. The van der Waals surface area contributed by atoms with Gasteiger partial charge in [-0.05, 0) is 62.2 Å². The van der Waals surface area contributed by atoms with Crippen LogP contribution in [0.2, 0.25) is 0 Å². The minimum absolute atomic E-state index is 0.0946. The first-order valence-electron chi connectivity index (χ1n) is 12.5. The summed E-state index contributed by atoms with van der Waals surface area (Å²) in [4.78, 5) is 23.1. The number of ether oxygens (including phenoxy) is 3. The predicted octanol–water partition coefficient (Wildman–Crippen LogP) is 4.74. The molecule has 39 heavy (non-hydrogen) atoms. The molecule has 2 aromatic carbocycles. The fraction of sp³-hybridized carbons (Fsp3) is 0.300. The first-order chi connectivity index (χ1) is 18.6. The smallest absolute Gasteiger partial charge is 0.256 e. The van der Waals surface area contributed by atoms with E-state index in [1.54, 1.807) is 43.6 Å². The molecule has 1 saturated carbocycles. The summed E-state index contributed by atoms with van der Waals surface area (Å²) in [5.74, 6) is -0.0794. The Hall–Kier alpha value is -3.98. The van der Waals surface area contributed by atoms with E-state index < -0.39 is 26.8 Å². The molecule has 4 aromatic rings. The third-order valence-electron chi connectivity index (χ3n) is 7.44. The zero-order chi connectivity index (χ0) is 27.9. The number of carbonyl (C=O) groups excluding carboxylic acids is 1. The van der Waals surface area contributed by atoms with Gasteiger partial charge in [0.25, 0.3) is 5.88 Å². The van der Waals surface area contributed by atoms with Gasteiger partial charge in [0.05, 0.1) is 37.2 Å². The normalized spacial score (nSPS) is 18.5. The lowest BCUT2D eigenvalue weighted by atomic mass is 9.86. The molecule has 1 fully saturated rings. The average Bonchev–Trinajstić information content (AvgIpc) is 3.69. The zero-order valence-corrected chi connectivity index (χ0v) is 23.3. The molecule has 0 saturated heterocycles. The standard InChI is InChI=1S/C30H30N2O6S/c1-18-9-12-25(36-3)22(13-18)30(15-23(30)20-14-26(37-4)29(38-5)31-16-20)28(33)17-39(34,35)27-8-6-7-24-21(27)11-10-19(2)32-24/h6-14,16,23H,15,17H2,1-5H3/t23-,30-/m1/s1. The van der Waals surface area contributed by atoms with Gasteiger partial charge in [0.2, 0.25) is 0 Å². The van der Waals surface area contributed by atoms with E-state index in [1.165, 1.54) is 20.3 Å². The molecule has 0 radical (unpaired) electrons. The highest BCUT2D eigenvalue weighted by atomic mass is 32.2. The van der Waals surface area contributed by atoms with Crippen LogP contribution in [-0.2, 0) is 20.0 Å². The number of nitrogens with zero attached hydrogens (tertiary/aromatic N) is 2. The van der Waals surface area contributed by atoms with Gasteiger partial charge in [-0.3, -0.25) is 9.78 Å². The number of sulfone groups is 1. The fourth-order valence-electron chi connectivity index (χ4n) is 5.41. The van der Waals surface area contributed by atoms with Crippen molar-refractivity contribution in [1.82, 2.24) is 9.97 Å². The third kappa shape index (κ3) is 4.61. The lowest BCUT2D eigenvalue weighted by molar-refractivity contribution is -0.119.